The minimum atomic E-state index is -0.620. The lowest BCUT2D eigenvalue weighted by Crippen LogP contribution is -2.64. The van der Waals surface area contributed by atoms with E-state index in [1.807, 2.05) is 24.3 Å². The van der Waals surface area contributed by atoms with Crippen molar-refractivity contribution >= 4 is 17.7 Å². The summed E-state index contributed by atoms with van der Waals surface area (Å²) in [4.78, 5) is 43.8. The molecule has 0 bridgehead atoms. The lowest BCUT2D eigenvalue weighted by Gasteiger charge is -2.48. The van der Waals surface area contributed by atoms with Crippen LogP contribution in [0, 0.1) is 0 Å². The van der Waals surface area contributed by atoms with Crippen molar-refractivity contribution < 1.29 is 19.1 Å². The van der Waals surface area contributed by atoms with Crippen LogP contribution in [0.15, 0.2) is 24.3 Å². The molecule has 0 aliphatic carbocycles. The Kier molecular flexibility index (Phi) is 6.29. The van der Waals surface area contributed by atoms with Crippen LogP contribution in [0.2, 0.25) is 0 Å². The van der Waals surface area contributed by atoms with Gasteiger partial charge in [0.2, 0.25) is 17.7 Å². The first-order valence-electron chi connectivity index (χ1n) is 11.2. The van der Waals surface area contributed by atoms with E-state index in [1.165, 1.54) is 11.3 Å². The molecular formula is C23H32N4O4. The van der Waals surface area contributed by atoms with Gasteiger partial charge in [0.15, 0.2) is 0 Å². The van der Waals surface area contributed by atoms with Crippen LogP contribution in [0.4, 0.5) is 0 Å². The molecule has 1 atom stereocenters. The third kappa shape index (κ3) is 4.19. The number of piperidine rings is 2. The second kappa shape index (κ2) is 8.96. The number of imide groups is 1. The van der Waals surface area contributed by atoms with Crippen molar-refractivity contribution in [2.75, 3.05) is 33.3 Å². The van der Waals surface area contributed by atoms with Crippen LogP contribution in [0.5, 0.6) is 5.75 Å². The normalized spacial score (nSPS) is 25.1. The Balaban J connectivity index is 1.40. The van der Waals surface area contributed by atoms with Gasteiger partial charge in [-0.25, -0.2) is 0 Å². The molecule has 31 heavy (non-hydrogen) atoms. The van der Waals surface area contributed by atoms with Crippen LogP contribution in [-0.2, 0) is 20.9 Å². The number of benzene rings is 1. The quantitative estimate of drug-likeness (QED) is 0.683. The molecule has 8 heteroatoms. The first kappa shape index (κ1) is 21.8. The van der Waals surface area contributed by atoms with Crippen LogP contribution < -0.4 is 10.5 Å². The summed E-state index contributed by atoms with van der Waals surface area (Å²) in [5.41, 5.74) is 6.14. The third-order valence-electron chi connectivity index (χ3n) is 7.21. The maximum absolute atomic E-state index is 13.1. The number of nitrogens with zero attached hydrogens (tertiary/aromatic N) is 3. The van der Waals surface area contributed by atoms with E-state index in [-0.39, 0.29) is 30.7 Å². The Morgan fingerprint density at radius 1 is 1.06 bits per heavy atom. The number of hydrogen-bond acceptors (Lipinski definition) is 6. The third-order valence-corrected chi connectivity index (χ3v) is 7.21. The number of methoxy groups -OCH3 is 1. The van der Waals surface area contributed by atoms with E-state index in [1.54, 1.807) is 7.11 Å². The Labute approximate surface area is 183 Å². The summed E-state index contributed by atoms with van der Waals surface area (Å²) in [7, 11) is 1.60. The van der Waals surface area contributed by atoms with E-state index in [9.17, 15) is 14.4 Å². The molecule has 168 valence electrons. The lowest BCUT2D eigenvalue weighted by atomic mass is 9.83. The molecule has 1 aromatic rings. The molecule has 2 N–H and O–H groups in total. The molecule has 0 aromatic heterocycles. The zero-order valence-electron chi connectivity index (χ0n) is 18.2. The minimum Gasteiger partial charge on any atom is -0.497 e. The number of amides is 3. The molecule has 4 rings (SSSR count). The second-order valence-electron chi connectivity index (χ2n) is 8.87. The summed E-state index contributed by atoms with van der Waals surface area (Å²) < 4.78 is 5.16. The molecule has 0 saturated carbocycles. The highest BCUT2D eigenvalue weighted by atomic mass is 16.5. The molecule has 0 unspecified atom stereocenters. The number of primary amides is 1. The van der Waals surface area contributed by atoms with Gasteiger partial charge in [0.05, 0.1) is 26.1 Å². The van der Waals surface area contributed by atoms with Crippen molar-refractivity contribution in [3.05, 3.63) is 29.8 Å². The Morgan fingerprint density at radius 3 is 2.29 bits per heavy atom. The number of carbonyl (C=O) groups excluding carboxylic acids is 3. The average Bonchev–Trinajstić information content (AvgIpc) is 3.08. The van der Waals surface area contributed by atoms with Gasteiger partial charge in [0.25, 0.3) is 0 Å². The van der Waals surface area contributed by atoms with Crippen molar-refractivity contribution in [2.24, 2.45) is 5.73 Å². The molecule has 0 spiro atoms. The van der Waals surface area contributed by atoms with Crippen LogP contribution in [0.3, 0.4) is 0 Å². The van der Waals surface area contributed by atoms with Crippen molar-refractivity contribution in [1.82, 2.24) is 14.7 Å². The van der Waals surface area contributed by atoms with Gasteiger partial charge in [0, 0.05) is 13.1 Å². The molecule has 3 aliphatic heterocycles. The van der Waals surface area contributed by atoms with Gasteiger partial charge in [-0.1, -0.05) is 18.6 Å². The van der Waals surface area contributed by atoms with Crippen LogP contribution in [0.25, 0.3) is 0 Å². The van der Waals surface area contributed by atoms with Crippen molar-refractivity contribution in [1.29, 1.82) is 0 Å². The zero-order chi connectivity index (χ0) is 22.0. The highest BCUT2D eigenvalue weighted by Gasteiger charge is 2.49. The number of likely N-dealkylation sites (tertiary alicyclic amines) is 3. The Morgan fingerprint density at radius 2 is 1.71 bits per heavy atom. The van der Waals surface area contributed by atoms with E-state index in [0.717, 1.165) is 37.2 Å². The number of ether oxygens (including phenoxy) is 1. The standard InChI is InChI=1S/C23H32N4O4/c1-31-18-7-5-17(6-8-18)16-27-20(28)15-19(21(27)29)25-13-9-23(10-14-25,22(24)30)26-11-3-2-4-12-26/h5-8,19H,2-4,9-16H2,1H3,(H2,24,30)/t19-/m1/s1. The zero-order valence-corrected chi connectivity index (χ0v) is 18.2. The maximum Gasteiger partial charge on any atom is 0.247 e. The topological polar surface area (TPSA) is 96.2 Å². The fraction of sp³-hybridized carbons (Fsp3) is 0.609. The van der Waals surface area contributed by atoms with Gasteiger partial charge in [0.1, 0.15) is 11.3 Å². The average molecular weight is 429 g/mol. The van der Waals surface area contributed by atoms with Gasteiger partial charge < -0.3 is 10.5 Å². The predicted molar refractivity (Wildman–Crippen MR) is 115 cm³/mol. The van der Waals surface area contributed by atoms with Gasteiger partial charge in [-0.15, -0.1) is 0 Å². The molecule has 1 aromatic carbocycles. The summed E-state index contributed by atoms with van der Waals surface area (Å²) in [5, 5.41) is 0. The summed E-state index contributed by atoms with van der Waals surface area (Å²) in [6.07, 6.45) is 4.80. The fourth-order valence-electron chi connectivity index (χ4n) is 5.28. The lowest BCUT2D eigenvalue weighted by molar-refractivity contribution is -0.141. The van der Waals surface area contributed by atoms with E-state index >= 15 is 0 Å². The molecule has 3 heterocycles. The minimum absolute atomic E-state index is 0.145. The van der Waals surface area contributed by atoms with E-state index in [2.05, 4.69) is 9.80 Å². The fourth-order valence-corrected chi connectivity index (χ4v) is 5.28. The highest BCUT2D eigenvalue weighted by molar-refractivity contribution is 6.05. The smallest absolute Gasteiger partial charge is 0.247 e. The molecule has 3 saturated heterocycles. The van der Waals surface area contributed by atoms with Crippen LogP contribution in [-0.4, -0.2) is 77.3 Å². The summed E-state index contributed by atoms with van der Waals surface area (Å²) in [6, 6.07) is 6.94. The highest BCUT2D eigenvalue weighted by Crippen LogP contribution is 2.34. The molecule has 0 radical (unpaired) electrons. The summed E-state index contributed by atoms with van der Waals surface area (Å²) in [5.74, 6) is 0.184. The van der Waals surface area contributed by atoms with E-state index < -0.39 is 11.6 Å². The summed E-state index contributed by atoms with van der Waals surface area (Å²) >= 11 is 0. The van der Waals surface area contributed by atoms with Gasteiger partial charge in [-0.3, -0.25) is 29.1 Å². The maximum atomic E-state index is 13.1. The number of nitrogens with two attached hydrogens (primary N) is 1. The Bertz CT molecular complexity index is 826. The SMILES string of the molecule is COc1ccc(CN2C(=O)C[C@@H](N3CCC(C(N)=O)(N4CCCCC4)CC3)C2=O)cc1. The van der Waals surface area contributed by atoms with Crippen molar-refractivity contribution in [2.45, 2.75) is 56.7 Å². The Hall–Kier alpha value is -2.45. The largest absolute Gasteiger partial charge is 0.497 e. The summed E-state index contributed by atoms with van der Waals surface area (Å²) in [6.45, 7) is 3.27. The molecule has 3 aliphatic rings. The van der Waals surface area contributed by atoms with E-state index in [4.69, 9.17) is 10.5 Å². The van der Waals surface area contributed by atoms with Gasteiger partial charge >= 0.3 is 0 Å². The number of hydrogen-bond donors (Lipinski definition) is 1. The number of rotatable bonds is 6. The predicted octanol–water partition coefficient (Wildman–Crippen LogP) is 1.13. The molecule has 3 amide bonds. The molecule has 3 fully saturated rings. The second-order valence-corrected chi connectivity index (χ2v) is 8.87. The first-order valence-corrected chi connectivity index (χ1v) is 11.2. The van der Waals surface area contributed by atoms with Gasteiger partial charge in [-0.2, -0.15) is 0 Å². The van der Waals surface area contributed by atoms with Crippen molar-refractivity contribution in [3.63, 3.8) is 0 Å². The van der Waals surface area contributed by atoms with Crippen LogP contribution >= 0.6 is 0 Å². The first-order chi connectivity index (χ1) is 14.9. The number of carbonyl (C=O) groups is 3. The van der Waals surface area contributed by atoms with E-state index in [0.29, 0.717) is 25.9 Å². The molecule has 8 nitrogen and oxygen atoms in total. The van der Waals surface area contributed by atoms with Crippen LogP contribution in [0.1, 0.15) is 44.1 Å². The van der Waals surface area contributed by atoms with Crippen molar-refractivity contribution in [3.8, 4) is 5.75 Å². The van der Waals surface area contributed by atoms with Gasteiger partial charge in [-0.05, 0) is 56.5 Å². The molecular weight excluding hydrogens is 396 g/mol. The monoisotopic (exact) mass is 428 g/mol.